The van der Waals surface area contributed by atoms with E-state index in [9.17, 15) is 9.59 Å². The lowest BCUT2D eigenvalue weighted by atomic mass is 10.1. The molecule has 1 aliphatic rings. The zero-order valence-electron chi connectivity index (χ0n) is 13.0. The van der Waals surface area contributed by atoms with Crippen molar-refractivity contribution in [1.82, 2.24) is 20.8 Å². The van der Waals surface area contributed by atoms with Crippen LogP contribution in [0.5, 0.6) is 0 Å². The molecule has 0 aliphatic carbocycles. The first-order valence-electron chi connectivity index (χ1n) is 7.11. The fraction of sp³-hybridized carbons (Fsp3) is 0.538. The van der Waals surface area contributed by atoms with Crippen molar-refractivity contribution in [3.63, 3.8) is 0 Å². The molecule has 0 saturated heterocycles. The Labute approximate surface area is 147 Å². The Morgan fingerprint density at radius 3 is 2.65 bits per heavy atom. The van der Waals surface area contributed by atoms with E-state index in [2.05, 4.69) is 27.8 Å². The van der Waals surface area contributed by atoms with Crippen molar-refractivity contribution >= 4 is 46.9 Å². The highest BCUT2D eigenvalue weighted by molar-refractivity contribution is 8.03. The van der Waals surface area contributed by atoms with Gasteiger partial charge in [0, 0.05) is 11.4 Å². The molecule has 1 aromatic heterocycles. The highest BCUT2D eigenvalue weighted by atomic mass is 32.2. The molecule has 0 fully saturated rings. The molecule has 1 aliphatic heterocycles. The van der Waals surface area contributed by atoms with E-state index in [0.29, 0.717) is 17.0 Å². The molecular formula is C13H18N4O3S3. The number of nitrogens with one attached hydrogen (secondary N) is 2. The van der Waals surface area contributed by atoms with Crippen LogP contribution in [-0.4, -0.2) is 46.4 Å². The van der Waals surface area contributed by atoms with Crippen LogP contribution >= 0.6 is 34.9 Å². The third-order valence-electron chi connectivity index (χ3n) is 2.86. The number of nitrogens with zero attached hydrogens (tertiary/aromatic N) is 2. The van der Waals surface area contributed by atoms with Crippen molar-refractivity contribution in [2.45, 2.75) is 35.5 Å². The smallest absolute Gasteiger partial charge is 0.337 e. The quantitative estimate of drug-likeness (QED) is 0.558. The summed E-state index contributed by atoms with van der Waals surface area (Å²) in [5.74, 6) is 0.955. The summed E-state index contributed by atoms with van der Waals surface area (Å²) in [5, 5.41) is 13.6. The Hall–Kier alpha value is -1.26. The number of urea groups is 1. The molecule has 7 nitrogen and oxygen atoms in total. The Bertz CT molecular complexity index is 617. The highest BCUT2D eigenvalue weighted by Gasteiger charge is 2.29. The van der Waals surface area contributed by atoms with E-state index in [1.54, 1.807) is 25.6 Å². The zero-order valence-corrected chi connectivity index (χ0v) is 15.5. The molecule has 2 rings (SSSR count). The summed E-state index contributed by atoms with van der Waals surface area (Å²) in [7, 11) is 0. The van der Waals surface area contributed by atoms with E-state index in [-0.39, 0.29) is 18.7 Å². The molecule has 0 spiro atoms. The van der Waals surface area contributed by atoms with Gasteiger partial charge in [0.25, 0.3) is 0 Å². The van der Waals surface area contributed by atoms with Gasteiger partial charge in [0.05, 0.1) is 18.2 Å². The number of carbonyl (C=O) groups excluding carboxylic acids is 2. The second-order valence-electron chi connectivity index (χ2n) is 4.49. The molecule has 23 heavy (non-hydrogen) atoms. The Morgan fingerprint density at radius 2 is 2.00 bits per heavy atom. The number of rotatable bonds is 7. The van der Waals surface area contributed by atoms with Gasteiger partial charge in [-0.05, 0) is 19.6 Å². The number of amides is 2. The Morgan fingerprint density at radius 1 is 1.30 bits per heavy atom. The van der Waals surface area contributed by atoms with E-state index in [4.69, 9.17) is 4.74 Å². The molecule has 1 aromatic rings. The monoisotopic (exact) mass is 374 g/mol. The van der Waals surface area contributed by atoms with Crippen molar-refractivity contribution in [2.75, 3.05) is 18.1 Å². The number of ether oxygens (including phenoxy) is 1. The van der Waals surface area contributed by atoms with Crippen LogP contribution in [0.3, 0.4) is 0 Å². The summed E-state index contributed by atoms with van der Waals surface area (Å²) in [6.07, 6.45) is 0. The van der Waals surface area contributed by atoms with Gasteiger partial charge in [0.15, 0.2) is 8.68 Å². The van der Waals surface area contributed by atoms with Crippen LogP contribution in [0.15, 0.2) is 19.9 Å². The fourth-order valence-corrected chi connectivity index (χ4v) is 4.85. The predicted molar refractivity (Wildman–Crippen MR) is 91.8 cm³/mol. The first-order chi connectivity index (χ1) is 11.0. The van der Waals surface area contributed by atoms with Gasteiger partial charge < -0.3 is 15.4 Å². The van der Waals surface area contributed by atoms with E-state index in [0.717, 1.165) is 14.4 Å². The van der Waals surface area contributed by atoms with Crippen LogP contribution in [0.1, 0.15) is 20.8 Å². The largest absolute Gasteiger partial charge is 0.463 e. The minimum atomic E-state index is -0.414. The summed E-state index contributed by atoms with van der Waals surface area (Å²) in [6, 6.07) is -0.709. The lowest BCUT2D eigenvalue weighted by molar-refractivity contribution is -0.138. The molecule has 10 heteroatoms. The Kier molecular flexibility index (Phi) is 6.72. The number of carbonyl (C=O) groups is 2. The van der Waals surface area contributed by atoms with Gasteiger partial charge in [-0.3, -0.25) is 0 Å². The maximum atomic E-state index is 12.1. The average molecular weight is 375 g/mol. The van der Waals surface area contributed by atoms with Crippen LogP contribution in [0.4, 0.5) is 4.79 Å². The maximum absolute atomic E-state index is 12.1. The SMILES string of the molecule is CCOC(=O)C1=C(CSc2nnc(SCC)s2)NC(=O)NC1C. The molecule has 0 aromatic carbocycles. The molecular weight excluding hydrogens is 356 g/mol. The summed E-state index contributed by atoms with van der Waals surface area (Å²) < 4.78 is 6.80. The van der Waals surface area contributed by atoms with Crippen molar-refractivity contribution in [3.05, 3.63) is 11.3 Å². The lowest BCUT2D eigenvalue weighted by Gasteiger charge is -2.26. The third-order valence-corrected chi connectivity index (χ3v) is 5.96. The van der Waals surface area contributed by atoms with E-state index < -0.39 is 5.97 Å². The van der Waals surface area contributed by atoms with E-state index in [1.165, 1.54) is 23.1 Å². The summed E-state index contributed by atoms with van der Waals surface area (Å²) in [6.45, 7) is 5.86. The molecule has 0 bridgehead atoms. The van der Waals surface area contributed by atoms with Crippen LogP contribution in [0.2, 0.25) is 0 Å². The number of aromatic nitrogens is 2. The minimum absolute atomic E-state index is 0.289. The summed E-state index contributed by atoms with van der Waals surface area (Å²) in [4.78, 5) is 23.8. The van der Waals surface area contributed by atoms with Crippen molar-refractivity contribution in [3.8, 4) is 0 Å². The Balaban J connectivity index is 2.12. The number of thioether (sulfide) groups is 2. The molecule has 0 saturated carbocycles. The normalized spacial score (nSPS) is 17.7. The number of hydrogen-bond acceptors (Lipinski definition) is 8. The van der Waals surface area contributed by atoms with Crippen molar-refractivity contribution in [1.29, 1.82) is 0 Å². The maximum Gasteiger partial charge on any atom is 0.337 e. The molecule has 2 N–H and O–H groups in total. The minimum Gasteiger partial charge on any atom is -0.463 e. The van der Waals surface area contributed by atoms with Gasteiger partial charge in [-0.15, -0.1) is 10.2 Å². The third kappa shape index (κ3) is 4.85. The number of esters is 1. The first kappa shape index (κ1) is 18.1. The van der Waals surface area contributed by atoms with Gasteiger partial charge in [-0.2, -0.15) is 0 Å². The van der Waals surface area contributed by atoms with Gasteiger partial charge in [-0.25, -0.2) is 9.59 Å². The highest BCUT2D eigenvalue weighted by Crippen LogP contribution is 2.30. The lowest BCUT2D eigenvalue weighted by Crippen LogP contribution is -2.49. The molecule has 126 valence electrons. The van der Waals surface area contributed by atoms with Crippen LogP contribution in [-0.2, 0) is 9.53 Å². The summed E-state index contributed by atoms with van der Waals surface area (Å²) in [5.41, 5.74) is 1.01. The van der Waals surface area contributed by atoms with Gasteiger partial charge in [-0.1, -0.05) is 41.8 Å². The summed E-state index contributed by atoms with van der Waals surface area (Å²) >= 11 is 4.58. The molecule has 2 amide bonds. The van der Waals surface area contributed by atoms with Crippen LogP contribution in [0, 0.1) is 0 Å². The van der Waals surface area contributed by atoms with Gasteiger partial charge >= 0.3 is 12.0 Å². The van der Waals surface area contributed by atoms with Crippen molar-refractivity contribution < 1.29 is 14.3 Å². The van der Waals surface area contributed by atoms with Crippen molar-refractivity contribution in [2.24, 2.45) is 0 Å². The van der Waals surface area contributed by atoms with E-state index >= 15 is 0 Å². The fourth-order valence-electron chi connectivity index (χ4n) is 1.96. The molecule has 1 unspecified atom stereocenters. The number of hydrogen-bond donors (Lipinski definition) is 2. The molecule has 1 atom stereocenters. The molecule has 0 radical (unpaired) electrons. The van der Waals surface area contributed by atoms with Gasteiger partial charge in [0.2, 0.25) is 0 Å². The second-order valence-corrected chi connectivity index (χ2v) is 8.20. The second kappa shape index (κ2) is 8.55. The van der Waals surface area contributed by atoms with Crippen LogP contribution in [0.25, 0.3) is 0 Å². The zero-order chi connectivity index (χ0) is 16.8. The molecule has 2 heterocycles. The predicted octanol–water partition coefficient (Wildman–Crippen LogP) is 2.26. The first-order valence-corrected chi connectivity index (χ1v) is 9.90. The van der Waals surface area contributed by atoms with Gasteiger partial charge in [0.1, 0.15) is 0 Å². The average Bonchev–Trinajstić information content (AvgIpc) is 2.92. The topological polar surface area (TPSA) is 93.2 Å². The van der Waals surface area contributed by atoms with Crippen LogP contribution < -0.4 is 10.6 Å². The standard InChI is InChI=1S/C13H18N4O3S3/c1-4-20-10(18)9-7(3)14-11(19)15-8(9)6-22-13-17-16-12(23-13)21-5-2/h7H,4-6H2,1-3H3,(H2,14,15,19). The van der Waals surface area contributed by atoms with E-state index in [1.807, 2.05) is 0 Å².